The summed E-state index contributed by atoms with van der Waals surface area (Å²) in [7, 11) is -0.747. The Kier molecular flexibility index (Phi) is 41.7. The van der Waals surface area contributed by atoms with E-state index in [4.69, 9.17) is 18.5 Å². The summed E-state index contributed by atoms with van der Waals surface area (Å²) in [6.07, 6.45) is 52.5. The molecule has 0 aliphatic carbocycles. The number of rotatable bonds is 42. The van der Waals surface area contributed by atoms with Crippen LogP contribution >= 0.6 is 7.82 Å². The van der Waals surface area contributed by atoms with E-state index in [0.717, 1.165) is 57.8 Å². The van der Waals surface area contributed by atoms with E-state index in [1.165, 1.54) is 83.5 Å². The van der Waals surface area contributed by atoms with Gasteiger partial charge in [0.05, 0.1) is 13.2 Å². The summed E-state index contributed by atoms with van der Waals surface area (Å²) >= 11 is 0. The largest absolute Gasteiger partial charge is 0.472 e. The molecule has 0 bridgehead atoms. The average Bonchev–Trinajstić information content (AvgIpc) is 3.20. The molecule has 0 saturated heterocycles. The van der Waals surface area contributed by atoms with Crippen molar-refractivity contribution in [2.45, 2.75) is 187 Å². The highest BCUT2D eigenvalue weighted by molar-refractivity contribution is 7.47. The van der Waals surface area contributed by atoms with Gasteiger partial charge in [0.1, 0.15) is 6.61 Å². The molecule has 0 saturated carbocycles. The predicted molar refractivity (Wildman–Crippen MR) is 247 cm³/mol. The first-order valence-electron chi connectivity index (χ1n) is 23.2. The van der Waals surface area contributed by atoms with E-state index in [1.807, 2.05) is 31.1 Å². The van der Waals surface area contributed by atoms with E-state index in [-0.39, 0.29) is 26.1 Å². The van der Waals surface area contributed by atoms with Crippen molar-refractivity contribution in [3.8, 4) is 0 Å². The molecule has 0 aliphatic heterocycles. The van der Waals surface area contributed by atoms with Crippen LogP contribution in [0.5, 0.6) is 0 Å². The summed E-state index contributed by atoms with van der Waals surface area (Å²) in [6, 6.07) is 0. The molecular formula is C49H86NO8P. The Labute approximate surface area is 361 Å². The van der Waals surface area contributed by atoms with Crippen LogP contribution in [0.25, 0.3) is 0 Å². The number of unbranched alkanes of at least 4 members (excludes halogenated alkanes) is 16. The number of phosphoric acid groups is 1. The molecule has 0 spiro atoms. The number of phosphoric ester groups is 1. The normalized spacial score (nSPS) is 14.0. The van der Waals surface area contributed by atoms with Gasteiger partial charge >= 0.3 is 19.8 Å². The zero-order valence-corrected chi connectivity index (χ0v) is 38.8. The number of ether oxygens (including phenoxy) is 2. The van der Waals surface area contributed by atoms with Crippen LogP contribution < -0.4 is 0 Å². The zero-order valence-electron chi connectivity index (χ0n) is 37.9. The molecule has 2 atom stereocenters. The fourth-order valence-electron chi connectivity index (χ4n) is 6.01. The number of carbonyl (C=O) groups is 2. The fraction of sp³-hybridized carbons (Fsp3) is 0.714. The molecule has 0 aromatic rings. The minimum Gasteiger partial charge on any atom is -0.462 e. The van der Waals surface area contributed by atoms with Crippen molar-refractivity contribution < 1.29 is 37.6 Å². The molecule has 10 heteroatoms. The van der Waals surface area contributed by atoms with Gasteiger partial charge in [-0.1, -0.05) is 189 Å². The molecule has 0 heterocycles. The molecule has 2 unspecified atom stereocenters. The number of esters is 2. The van der Waals surface area contributed by atoms with Crippen molar-refractivity contribution in [1.29, 1.82) is 0 Å². The first-order chi connectivity index (χ1) is 28.7. The second-order valence-electron chi connectivity index (χ2n) is 15.6. The zero-order chi connectivity index (χ0) is 43.3. The van der Waals surface area contributed by atoms with Crippen molar-refractivity contribution in [3.63, 3.8) is 0 Å². The highest BCUT2D eigenvalue weighted by Gasteiger charge is 2.26. The maximum atomic E-state index is 12.7. The van der Waals surface area contributed by atoms with Gasteiger partial charge in [0, 0.05) is 19.4 Å². The van der Waals surface area contributed by atoms with Crippen LogP contribution in [-0.2, 0) is 32.7 Å². The smallest absolute Gasteiger partial charge is 0.462 e. The van der Waals surface area contributed by atoms with E-state index >= 15 is 0 Å². The van der Waals surface area contributed by atoms with E-state index < -0.39 is 32.5 Å². The number of hydrogen-bond acceptors (Lipinski definition) is 8. The Bertz CT molecular complexity index is 1210. The Balaban J connectivity index is 4.37. The Morgan fingerprint density at radius 2 is 0.966 bits per heavy atom. The van der Waals surface area contributed by atoms with Crippen LogP contribution in [0.2, 0.25) is 0 Å². The standard InChI is InChI=1S/C49H86NO8P/c1-5-7-9-11-13-15-17-19-21-23-24-26-27-29-31-33-35-37-39-41-48(51)55-45-47(46-57-59(53,54)56-44-43-50(3)4)58-49(52)42-40-38-36-34-32-30-28-25-22-20-18-16-14-12-10-8-6-2/h7,9,13,15,19,21,24,26,29,31,35,37,47H,5-6,8,10-12,14,16-18,20,22-23,25,27-28,30,32-34,36,38-46H2,1-4H3,(H,53,54)/b9-7-,15-13-,21-19-,26-24-,31-29-,37-35-. The first kappa shape index (κ1) is 56.5. The quantitative estimate of drug-likeness (QED) is 0.0278. The van der Waals surface area contributed by atoms with Gasteiger partial charge in [-0.2, -0.15) is 0 Å². The minimum atomic E-state index is -4.38. The minimum absolute atomic E-state index is 0.00583. The van der Waals surface area contributed by atoms with Gasteiger partial charge in [-0.15, -0.1) is 0 Å². The van der Waals surface area contributed by atoms with Crippen LogP contribution in [0, 0.1) is 0 Å². The average molecular weight is 848 g/mol. The molecule has 0 fully saturated rings. The van der Waals surface area contributed by atoms with Crippen LogP contribution in [0.3, 0.4) is 0 Å². The molecule has 0 aromatic carbocycles. The lowest BCUT2D eigenvalue weighted by Crippen LogP contribution is -2.29. The van der Waals surface area contributed by atoms with Crippen molar-refractivity contribution in [2.24, 2.45) is 0 Å². The third-order valence-electron chi connectivity index (χ3n) is 9.54. The molecular weight excluding hydrogens is 762 g/mol. The summed E-state index contributed by atoms with van der Waals surface area (Å²) in [5.74, 6) is -0.900. The number of nitrogens with zero attached hydrogens (tertiary/aromatic N) is 1. The van der Waals surface area contributed by atoms with Crippen molar-refractivity contribution in [2.75, 3.05) is 40.5 Å². The van der Waals surface area contributed by atoms with E-state index in [1.54, 1.807) is 0 Å². The highest BCUT2D eigenvalue weighted by atomic mass is 31.2. The third-order valence-corrected chi connectivity index (χ3v) is 10.5. The number of hydrogen-bond donors (Lipinski definition) is 1. The molecule has 0 aliphatic rings. The van der Waals surface area contributed by atoms with Gasteiger partial charge in [-0.05, 0) is 65.5 Å². The monoisotopic (exact) mass is 848 g/mol. The molecule has 9 nitrogen and oxygen atoms in total. The Morgan fingerprint density at radius 3 is 1.41 bits per heavy atom. The second-order valence-corrected chi connectivity index (χ2v) is 17.0. The lowest BCUT2D eigenvalue weighted by Gasteiger charge is -2.20. The SMILES string of the molecule is CC/C=C\C/C=C\C/C=C\C/C=C\C/C=C\C/C=C\CCC(=O)OCC(COP(=O)(O)OCCN(C)C)OC(=O)CCCCCCCCCCCCCCCCCCC. The first-order valence-corrected chi connectivity index (χ1v) is 24.7. The summed E-state index contributed by atoms with van der Waals surface area (Å²) in [5, 5.41) is 0. The van der Waals surface area contributed by atoms with E-state index in [0.29, 0.717) is 19.4 Å². The highest BCUT2D eigenvalue weighted by Crippen LogP contribution is 2.43. The molecule has 340 valence electrons. The molecule has 59 heavy (non-hydrogen) atoms. The lowest BCUT2D eigenvalue weighted by molar-refractivity contribution is -0.161. The van der Waals surface area contributed by atoms with Crippen LogP contribution in [0.1, 0.15) is 181 Å². The summed E-state index contributed by atoms with van der Waals surface area (Å²) in [5.41, 5.74) is 0. The van der Waals surface area contributed by atoms with Gasteiger partial charge in [0.2, 0.25) is 0 Å². The van der Waals surface area contributed by atoms with Crippen LogP contribution in [0.4, 0.5) is 0 Å². The summed E-state index contributed by atoms with van der Waals surface area (Å²) in [6.45, 7) is 4.13. The van der Waals surface area contributed by atoms with Crippen molar-refractivity contribution in [1.82, 2.24) is 4.90 Å². The fourth-order valence-corrected chi connectivity index (χ4v) is 6.75. The third kappa shape index (κ3) is 44.8. The molecule has 0 rings (SSSR count). The number of carbonyl (C=O) groups excluding carboxylic acids is 2. The van der Waals surface area contributed by atoms with Gasteiger partial charge < -0.3 is 19.3 Å². The van der Waals surface area contributed by atoms with Gasteiger partial charge in [-0.3, -0.25) is 18.6 Å². The maximum Gasteiger partial charge on any atom is 0.472 e. The van der Waals surface area contributed by atoms with E-state index in [9.17, 15) is 19.0 Å². The molecule has 0 aromatic heterocycles. The molecule has 0 radical (unpaired) electrons. The topological polar surface area (TPSA) is 112 Å². The van der Waals surface area contributed by atoms with Gasteiger partial charge in [-0.25, -0.2) is 4.57 Å². The van der Waals surface area contributed by atoms with Crippen molar-refractivity contribution in [3.05, 3.63) is 72.9 Å². The Hall–Kier alpha value is -2.55. The lowest BCUT2D eigenvalue weighted by atomic mass is 10.0. The van der Waals surface area contributed by atoms with E-state index in [2.05, 4.69) is 74.6 Å². The predicted octanol–water partition coefficient (Wildman–Crippen LogP) is 13.7. The maximum absolute atomic E-state index is 12.7. The summed E-state index contributed by atoms with van der Waals surface area (Å²) in [4.78, 5) is 37.1. The Morgan fingerprint density at radius 1 is 0.542 bits per heavy atom. The van der Waals surface area contributed by atoms with Gasteiger partial charge in [0.25, 0.3) is 0 Å². The van der Waals surface area contributed by atoms with Crippen molar-refractivity contribution >= 4 is 19.8 Å². The number of allylic oxidation sites excluding steroid dienone is 12. The number of likely N-dealkylation sites (N-methyl/N-ethyl adjacent to an activating group) is 1. The molecule has 0 amide bonds. The van der Waals surface area contributed by atoms with Gasteiger partial charge in [0.15, 0.2) is 6.10 Å². The van der Waals surface area contributed by atoms with Crippen LogP contribution in [0.15, 0.2) is 72.9 Å². The van der Waals surface area contributed by atoms with Crippen LogP contribution in [-0.4, -0.2) is 68.3 Å². The second kappa shape index (κ2) is 43.5. The molecule has 1 N–H and O–H groups in total. The summed E-state index contributed by atoms with van der Waals surface area (Å²) < 4.78 is 33.4.